The second-order valence-corrected chi connectivity index (χ2v) is 8.71. The van der Waals surface area contributed by atoms with Gasteiger partial charge in [-0.25, -0.2) is 13.1 Å². The summed E-state index contributed by atoms with van der Waals surface area (Å²) in [5.74, 6) is 0.383. The van der Waals surface area contributed by atoms with Crippen molar-refractivity contribution in [3.63, 3.8) is 0 Å². The van der Waals surface area contributed by atoms with E-state index in [2.05, 4.69) is 20.7 Å². The molecule has 96 valence electrons. The van der Waals surface area contributed by atoms with Crippen molar-refractivity contribution >= 4 is 48.9 Å². The zero-order valence-electron chi connectivity index (χ0n) is 8.82. The van der Waals surface area contributed by atoms with Gasteiger partial charge in [-0.3, -0.25) is 0 Å². The van der Waals surface area contributed by atoms with Crippen LogP contribution in [0.2, 0.25) is 5.02 Å². The van der Waals surface area contributed by atoms with Gasteiger partial charge in [0, 0.05) is 12.6 Å². The molecular formula is C9H12BrClN2O2S2. The van der Waals surface area contributed by atoms with Crippen molar-refractivity contribution in [2.75, 3.05) is 6.54 Å². The smallest absolute Gasteiger partial charge is 0.250 e. The van der Waals surface area contributed by atoms with Gasteiger partial charge in [-0.2, -0.15) is 0 Å². The predicted molar refractivity (Wildman–Crippen MR) is 72.9 cm³/mol. The summed E-state index contributed by atoms with van der Waals surface area (Å²) in [4.78, 5) is 0. The van der Waals surface area contributed by atoms with E-state index < -0.39 is 10.0 Å². The van der Waals surface area contributed by atoms with Crippen molar-refractivity contribution in [1.82, 2.24) is 4.72 Å². The summed E-state index contributed by atoms with van der Waals surface area (Å²) >= 11 is 10.1. The molecule has 0 radical (unpaired) electrons. The van der Waals surface area contributed by atoms with Crippen molar-refractivity contribution in [3.8, 4) is 0 Å². The maximum absolute atomic E-state index is 12.1. The molecule has 1 unspecified atom stereocenters. The molecule has 1 aliphatic rings. The topological polar surface area (TPSA) is 72.2 Å². The first-order chi connectivity index (χ1) is 7.94. The first kappa shape index (κ1) is 13.8. The second kappa shape index (κ2) is 5.14. The molecule has 0 aromatic carbocycles. The Labute approximate surface area is 118 Å². The lowest BCUT2D eigenvalue weighted by atomic mass is 10.2. The number of nitrogens with one attached hydrogen (secondary N) is 1. The maximum atomic E-state index is 12.1. The second-order valence-electron chi connectivity index (χ2n) is 3.99. The molecule has 4 nitrogen and oxygen atoms in total. The van der Waals surface area contributed by atoms with Crippen LogP contribution in [0.1, 0.15) is 12.8 Å². The Morgan fingerprint density at radius 3 is 2.71 bits per heavy atom. The minimum absolute atomic E-state index is 0.167. The van der Waals surface area contributed by atoms with Crippen LogP contribution in [0.25, 0.3) is 0 Å². The molecule has 1 saturated carbocycles. The van der Waals surface area contributed by atoms with Crippen molar-refractivity contribution in [2.24, 2.45) is 11.7 Å². The van der Waals surface area contributed by atoms with Crippen LogP contribution in [-0.2, 0) is 10.0 Å². The number of halogens is 2. The molecule has 0 spiro atoms. The van der Waals surface area contributed by atoms with Crippen LogP contribution in [0, 0.1) is 5.92 Å². The van der Waals surface area contributed by atoms with Crippen LogP contribution in [-0.4, -0.2) is 21.0 Å². The molecule has 1 atom stereocenters. The van der Waals surface area contributed by atoms with Gasteiger partial charge in [0.25, 0.3) is 0 Å². The minimum Gasteiger partial charge on any atom is -0.329 e. The van der Waals surface area contributed by atoms with Crippen LogP contribution < -0.4 is 10.5 Å². The third kappa shape index (κ3) is 3.21. The summed E-state index contributed by atoms with van der Waals surface area (Å²) in [5.41, 5.74) is 5.58. The number of hydrogen-bond donors (Lipinski definition) is 2. The van der Waals surface area contributed by atoms with E-state index in [0.717, 1.165) is 24.2 Å². The average molecular weight is 360 g/mol. The number of hydrogen-bond acceptors (Lipinski definition) is 4. The molecule has 1 heterocycles. The molecule has 8 heteroatoms. The molecule has 1 aliphatic carbocycles. The van der Waals surface area contributed by atoms with Gasteiger partial charge in [-0.15, -0.1) is 11.3 Å². The van der Waals surface area contributed by atoms with E-state index in [4.69, 9.17) is 17.3 Å². The predicted octanol–water partition coefficient (Wildman–Crippen LogP) is 2.18. The van der Waals surface area contributed by atoms with E-state index in [1.807, 2.05) is 0 Å². The van der Waals surface area contributed by atoms with Gasteiger partial charge < -0.3 is 5.73 Å². The van der Waals surface area contributed by atoms with Crippen molar-refractivity contribution in [2.45, 2.75) is 23.1 Å². The molecule has 1 aromatic heterocycles. The number of sulfonamides is 1. The van der Waals surface area contributed by atoms with Gasteiger partial charge in [-0.1, -0.05) is 11.6 Å². The molecule has 1 fully saturated rings. The van der Waals surface area contributed by atoms with Crippen LogP contribution in [0.4, 0.5) is 0 Å². The summed E-state index contributed by atoms with van der Waals surface area (Å²) < 4.78 is 27.6. The summed E-state index contributed by atoms with van der Waals surface area (Å²) in [6.07, 6.45) is 2.08. The zero-order chi connectivity index (χ0) is 12.6. The van der Waals surface area contributed by atoms with Crippen LogP contribution >= 0.6 is 38.9 Å². The molecule has 1 aromatic rings. The van der Waals surface area contributed by atoms with Crippen molar-refractivity contribution < 1.29 is 8.42 Å². The Morgan fingerprint density at radius 2 is 2.29 bits per heavy atom. The Bertz CT molecular complexity index is 494. The van der Waals surface area contributed by atoms with E-state index in [1.165, 1.54) is 6.07 Å². The van der Waals surface area contributed by atoms with Crippen molar-refractivity contribution in [3.05, 3.63) is 14.9 Å². The van der Waals surface area contributed by atoms with Crippen molar-refractivity contribution in [1.29, 1.82) is 0 Å². The SMILES string of the molecule is NCC(NS(=O)(=O)c1cc(Cl)c(Br)s1)C1CC1. The largest absolute Gasteiger partial charge is 0.329 e. The summed E-state index contributed by atoms with van der Waals surface area (Å²) in [6.45, 7) is 0.324. The third-order valence-electron chi connectivity index (χ3n) is 2.64. The molecule has 2 rings (SSSR count). The molecule has 0 bridgehead atoms. The normalized spacial score (nSPS) is 18.3. The number of nitrogens with two attached hydrogens (primary N) is 1. The Balaban J connectivity index is 2.17. The van der Waals surface area contributed by atoms with E-state index >= 15 is 0 Å². The van der Waals surface area contributed by atoms with Gasteiger partial charge in [0.2, 0.25) is 10.0 Å². The molecule has 3 N–H and O–H groups in total. The zero-order valence-corrected chi connectivity index (χ0v) is 12.8. The third-order valence-corrected chi connectivity index (χ3v) is 7.08. The van der Waals surface area contributed by atoms with E-state index in [9.17, 15) is 8.42 Å². The summed E-state index contributed by atoms with van der Waals surface area (Å²) in [6, 6.07) is 1.28. The first-order valence-electron chi connectivity index (χ1n) is 5.11. The number of rotatable bonds is 5. The van der Waals surface area contributed by atoms with Crippen LogP contribution in [0.15, 0.2) is 14.1 Å². The minimum atomic E-state index is -3.50. The highest BCUT2D eigenvalue weighted by Crippen LogP contribution is 2.36. The fraction of sp³-hybridized carbons (Fsp3) is 0.556. The van der Waals surface area contributed by atoms with E-state index in [-0.39, 0.29) is 10.3 Å². The highest BCUT2D eigenvalue weighted by Gasteiger charge is 2.34. The Kier molecular flexibility index (Phi) is 4.16. The van der Waals surface area contributed by atoms with E-state index in [1.54, 1.807) is 0 Å². The summed E-state index contributed by atoms with van der Waals surface area (Å²) in [7, 11) is -3.50. The summed E-state index contributed by atoms with van der Waals surface area (Å²) in [5, 5.41) is 0.408. The molecular weight excluding hydrogens is 348 g/mol. The standard InChI is InChI=1S/C9H12BrClN2O2S2/c10-9-6(11)3-8(16-9)17(14,15)13-7(4-12)5-1-2-5/h3,5,7,13H,1-2,4,12H2. The van der Waals surface area contributed by atoms with Gasteiger partial charge >= 0.3 is 0 Å². The highest BCUT2D eigenvalue weighted by atomic mass is 79.9. The lowest BCUT2D eigenvalue weighted by Crippen LogP contribution is -2.41. The Morgan fingerprint density at radius 1 is 1.65 bits per heavy atom. The van der Waals surface area contributed by atoms with Crippen LogP contribution in [0.3, 0.4) is 0 Å². The first-order valence-corrected chi connectivity index (χ1v) is 8.58. The van der Waals surface area contributed by atoms with Gasteiger partial charge in [0.15, 0.2) is 0 Å². The quantitative estimate of drug-likeness (QED) is 0.846. The monoisotopic (exact) mass is 358 g/mol. The number of thiophene rings is 1. The average Bonchev–Trinajstić information content (AvgIpc) is 3.03. The molecule has 0 amide bonds. The Hall–Kier alpha value is 0.340. The molecule has 17 heavy (non-hydrogen) atoms. The fourth-order valence-electron chi connectivity index (χ4n) is 1.55. The van der Waals surface area contributed by atoms with Crippen LogP contribution in [0.5, 0.6) is 0 Å². The van der Waals surface area contributed by atoms with Gasteiger partial charge in [0.1, 0.15) is 4.21 Å². The molecule has 0 aliphatic heterocycles. The maximum Gasteiger partial charge on any atom is 0.250 e. The van der Waals surface area contributed by atoms with Gasteiger partial charge in [0.05, 0.1) is 8.81 Å². The lowest BCUT2D eigenvalue weighted by molar-refractivity contribution is 0.520. The highest BCUT2D eigenvalue weighted by molar-refractivity contribution is 9.11. The lowest BCUT2D eigenvalue weighted by Gasteiger charge is -2.15. The van der Waals surface area contributed by atoms with E-state index in [0.29, 0.717) is 21.3 Å². The molecule has 0 saturated heterocycles. The fourth-order valence-corrected chi connectivity index (χ4v) is 5.28. The van der Waals surface area contributed by atoms with Gasteiger partial charge in [-0.05, 0) is 40.8 Å².